The lowest BCUT2D eigenvalue weighted by molar-refractivity contribution is -0.117. The summed E-state index contributed by atoms with van der Waals surface area (Å²) in [5.74, 6) is 0.702. The summed E-state index contributed by atoms with van der Waals surface area (Å²) in [5.41, 5.74) is 7.75. The molecule has 4 nitrogen and oxygen atoms in total. The molecule has 0 unspecified atom stereocenters. The fourth-order valence-corrected chi connectivity index (χ4v) is 2.47. The monoisotopic (exact) mass is 275 g/mol. The number of anilines is 2. The van der Waals surface area contributed by atoms with E-state index in [1.807, 2.05) is 25.1 Å². The van der Waals surface area contributed by atoms with Crippen LogP contribution in [0.15, 0.2) is 24.3 Å². The maximum absolute atomic E-state index is 11.8. The van der Waals surface area contributed by atoms with Crippen molar-refractivity contribution in [1.82, 2.24) is 0 Å². The molecular weight excluding hydrogens is 250 g/mol. The van der Waals surface area contributed by atoms with Gasteiger partial charge in [0, 0.05) is 24.5 Å². The second-order valence-electron chi connectivity index (χ2n) is 5.72. The first kappa shape index (κ1) is 14.9. The second-order valence-corrected chi connectivity index (χ2v) is 5.72. The van der Waals surface area contributed by atoms with Crippen molar-refractivity contribution in [3.05, 3.63) is 24.3 Å². The highest BCUT2D eigenvalue weighted by Gasteiger charge is 2.17. The molecular formula is C16H25N3O. The van der Waals surface area contributed by atoms with Gasteiger partial charge in [-0.15, -0.1) is 0 Å². The van der Waals surface area contributed by atoms with Crippen LogP contribution in [-0.2, 0) is 4.79 Å². The van der Waals surface area contributed by atoms with Crippen molar-refractivity contribution in [3.8, 4) is 0 Å². The molecule has 1 heterocycles. The van der Waals surface area contributed by atoms with Crippen molar-refractivity contribution in [1.29, 1.82) is 0 Å². The Morgan fingerprint density at radius 1 is 1.45 bits per heavy atom. The van der Waals surface area contributed by atoms with E-state index >= 15 is 0 Å². The van der Waals surface area contributed by atoms with Crippen LogP contribution < -0.4 is 16.0 Å². The van der Waals surface area contributed by atoms with Crippen LogP contribution in [0.25, 0.3) is 0 Å². The molecule has 3 N–H and O–H groups in total. The van der Waals surface area contributed by atoms with Gasteiger partial charge in [0.05, 0.1) is 6.04 Å². The summed E-state index contributed by atoms with van der Waals surface area (Å²) in [7, 11) is 0. The molecule has 1 aromatic carbocycles. The van der Waals surface area contributed by atoms with E-state index < -0.39 is 6.04 Å². The number of nitrogens with one attached hydrogen (secondary N) is 1. The Kier molecular flexibility index (Phi) is 5.01. The van der Waals surface area contributed by atoms with Gasteiger partial charge in [0.25, 0.3) is 0 Å². The number of nitrogens with zero attached hydrogens (tertiary/aromatic N) is 1. The van der Waals surface area contributed by atoms with Gasteiger partial charge < -0.3 is 16.0 Å². The smallest absolute Gasteiger partial charge is 0.241 e. The Balaban J connectivity index is 2.02. The number of rotatable bonds is 4. The van der Waals surface area contributed by atoms with Crippen molar-refractivity contribution in [2.45, 2.75) is 39.2 Å². The lowest BCUT2D eigenvalue weighted by Gasteiger charge is -2.32. The molecule has 0 spiro atoms. The maximum Gasteiger partial charge on any atom is 0.241 e. The fourth-order valence-electron chi connectivity index (χ4n) is 2.47. The van der Waals surface area contributed by atoms with Gasteiger partial charge >= 0.3 is 0 Å². The zero-order valence-corrected chi connectivity index (χ0v) is 12.4. The average molecular weight is 275 g/mol. The number of piperidine rings is 1. The molecule has 0 aliphatic carbocycles. The number of carbonyl (C=O) groups is 1. The number of carbonyl (C=O) groups excluding carboxylic acids is 1. The Morgan fingerprint density at radius 3 is 2.80 bits per heavy atom. The van der Waals surface area contributed by atoms with E-state index in [2.05, 4.69) is 23.2 Å². The van der Waals surface area contributed by atoms with Crippen LogP contribution in [0.2, 0.25) is 0 Å². The molecule has 0 aromatic heterocycles. The molecule has 1 fully saturated rings. The normalized spacial score (nSPS) is 17.9. The summed E-state index contributed by atoms with van der Waals surface area (Å²) in [6, 6.07) is 7.60. The summed E-state index contributed by atoms with van der Waals surface area (Å²) in [5, 5.41) is 2.89. The van der Waals surface area contributed by atoms with Gasteiger partial charge in [-0.25, -0.2) is 0 Å². The summed E-state index contributed by atoms with van der Waals surface area (Å²) >= 11 is 0. The van der Waals surface area contributed by atoms with Crippen molar-refractivity contribution in [3.63, 3.8) is 0 Å². The van der Waals surface area contributed by atoms with Crippen molar-refractivity contribution >= 4 is 17.3 Å². The third kappa shape index (κ3) is 3.73. The molecule has 1 amide bonds. The number of hydrogen-bond donors (Lipinski definition) is 2. The average Bonchev–Trinajstić information content (AvgIpc) is 2.47. The van der Waals surface area contributed by atoms with Gasteiger partial charge in [-0.1, -0.05) is 19.9 Å². The van der Waals surface area contributed by atoms with E-state index in [0.29, 0.717) is 6.42 Å². The van der Waals surface area contributed by atoms with Gasteiger partial charge in [-0.3, -0.25) is 4.79 Å². The zero-order valence-electron chi connectivity index (χ0n) is 12.4. The Bertz CT molecular complexity index is 453. The van der Waals surface area contributed by atoms with Crippen LogP contribution >= 0.6 is 0 Å². The lowest BCUT2D eigenvalue weighted by Crippen LogP contribution is -2.35. The van der Waals surface area contributed by atoms with Crippen LogP contribution in [0.3, 0.4) is 0 Å². The van der Waals surface area contributed by atoms with Crippen LogP contribution in [-0.4, -0.2) is 25.0 Å². The minimum atomic E-state index is -0.436. The van der Waals surface area contributed by atoms with Crippen molar-refractivity contribution < 1.29 is 4.79 Å². The molecule has 110 valence electrons. The molecule has 20 heavy (non-hydrogen) atoms. The first-order chi connectivity index (χ1) is 9.60. The zero-order chi connectivity index (χ0) is 14.5. The highest BCUT2D eigenvalue weighted by molar-refractivity contribution is 5.95. The number of nitrogens with two attached hydrogens (primary N) is 1. The summed E-state index contributed by atoms with van der Waals surface area (Å²) in [6.07, 6.45) is 3.12. The Hall–Kier alpha value is -1.55. The summed E-state index contributed by atoms with van der Waals surface area (Å²) in [4.78, 5) is 14.2. The quantitative estimate of drug-likeness (QED) is 0.888. The summed E-state index contributed by atoms with van der Waals surface area (Å²) in [6.45, 7) is 6.40. The molecule has 1 aromatic rings. The first-order valence-corrected chi connectivity index (χ1v) is 7.51. The van der Waals surface area contributed by atoms with Gasteiger partial charge in [0.2, 0.25) is 5.91 Å². The van der Waals surface area contributed by atoms with Gasteiger partial charge in [0.1, 0.15) is 0 Å². The van der Waals surface area contributed by atoms with Gasteiger partial charge in [-0.05, 0) is 43.4 Å². The minimum Gasteiger partial charge on any atom is -0.371 e. The maximum atomic E-state index is 11.8. The van der Waals surface area contributed by atoms with Crippen molar-refractivity contribution in [2.75, 3.05) is 23.3 Å². The largest absolute Gasteiger partial charge is 0.371 e. The lowest BCUT2D eigenvalue weighted by atomic mass is 9.99. The predicted molar refractivity (Wildman–Crippen MR) is 83.9 cm³/mol. The predicted octanol–water partition coefficient (Wildman–Crippen LogP) is 2.60. The fraction of sp³-hybridized carbons (Fsp3) is 0.562. The van der Waals surface area contributed by atoms with Crippen molar-refractivity contribution in [2.24, 2.45) is 11.7 Å². The second kappa shape index (κ2) is 6.75. The van der Waals surface area contributed by atoms with Crippen LogP contribution in [0.4, 0.5) is 11.4 Å². The van der Waals surface area contributed by atoms with Gasteiger partial charge in [-0.2, -0.15) is 0 Å². The molecule has 1 aliphatic rings. The highest BCUT2D eigenvalue weighted by Crippen LogP contribution is 2.25. The van der Waals surface area contributed by atoms with E-state index in [1.165, 1.54) is 18.5 Å². The SMILES string of the molecule is CC[C@H](N)C(=O)Nc1cccc(N2CCC(C)CC2)c1. The van der Waals surface area contributed by atoms with E-state index in [4.69, 9.17) is 5.73 Å². The first-order valence-electron chi connectivity index (χ1n) is 7.51. The highest BCUT2D eigenvalue weighted by atomic mass is 16.2. The minimum absolute atomic E-state index is 0.114. The number of benzene rings is 1. The van der Waals surface area contributed by atoms with Gasteiger partial charge in [0.15, 0.2) is 0 Å². The molecule has 1 saturated heterocycles. The van der Waals surface area contributed by atoms with Crippen LogP contribution in [0.5, 0.6) is 0 Å². The van der Waals surface area contributed by atoms with E-state index in [0.717, 1.165) is 24.7 Å². The van der Waals surface area contributed by atoms with E-state index in [9.17, 15) is 4.79 Å². The van der Waals surface area contributed by atoms with Crippen LogP contribution in [0, 0.1) is 5.92 Å². The number of hydrogen-bond acceptors (Lipinski definition) is 3. The molecule has 1 aliphatic heterocycles. The molecule has 0 bridgehead atoms. The molecule has 1 atom stereocenters. The Morgan fingerprint density at radius 2 is 2.15 bits per heavy atom. The third-order valence-electron chi connectivity index (χ3n) is 4.04. The molecule has 0 radical (unpaired) electrons. The van der Waals surface area contributed by atoms with E-state index in [-0.39, 0.29) is 5.91 Å². The molecule has 0 saturated carbocycles. The third-order valence-corrected chi connectivity index (χ3v) is 4.04. The standard InChI is InChI=1S/C16H25N3O/c1-3-15(17)16(20)18-13-5-4-6-14(11-13)19-9-7-12(2)8-10-19/h4-6,11-12,15H,3,7-10,17H2,1-2H3,(H,18,20)/t15-/m0/s1. The number of amides is 1. The Labute approximate surface area is 121 Å². The van der Waals surface area contributed by atoms with E-state index in [1.54, 1.807) is 0 Å². The molecule has 2 rings (SSSR count). The van der Waals surface area contributed by atoms with Crippen LogP contribution in [0.1, 0.15) is 33.1 Å². The summed E-state index contributed by atoms with van der Waals surface area (Å²) < 4.78 is 0. The molecule has 4 heteroatoms. The topological polar surface area (TPSA) is 58.4 Å².